The highest BCUT2D eigenvalue weighted by molar-refractivity contribution is 9.10. The van der Waals surface area contributed by atoms with Gasteiger partial charge < -0.3 is 10.0 Å². The number of hydrogen-bond donors (Lipinski definition) is 1. The summed E-state index contributed by atoms with van der Waals surface area (Å²) in [7, 11) is 1.87. The van der Waals surface area contributed by atoms with E-state index < -0.39 is 6.10 Å². The average Bonchev–Trinajstić information content (AvgIpc) is 2.37. The SMILES string of the molecule is CC(O)c1ccc(N(C)c2cccc(F)c2)cc1Br. The van der Waals surface area contributed by atoms with Crippen LogP contribution in [0.25, 0.3) is 0 Å². The molecule has 0 saturated carbocycles. The normalized spacial score (nSPS) is 12.3. The minimum absolute atomic E-state index is 0.260. The maximum Gasteiger partial charge on any atom is 0.125 e. The smallest absolute Gasteiger partial charge is 0.125 e. The Kier molecular flexibility index (Phi) is 4.22. The molecule has 2 aromatic carbocycles. The molecule has 100 valence electrons. The second-order valence-corrected chi connectivity index (χ2v) is 5.28. The van der Waals surface area contributed by atoms with Crippen molar-refractivity contribution in [2.75, 3.05) is 11.9 Å². The number of rotatable bonds is 3. The topological polar surface area (TPSA) is 23.5 Å². The summed E-state index contributed by atoms with van der Waals surface area (Å²) in [6.07, 6.45) is -0.525. The molecule has 0 aliphatic rings. The van der Waals surface area contributed by atoms with Gasteiger partial charge in [0.15, 0.2) is 0 Å². The Bertz CT molecular complexity index is 586. The summed E-state index contributed by atoms with van der Waals surface area (Å²) in [6.45, 7) is 1.72. The first-order chi connectivity index (χ1) is 8.99. The Morgan fingerprint density at radius 1 is 1.16 bits per heavy atom. The van der Waals surface area contributed by atoms with E-state index in [1.165, 1.54) is 12.1 Å². The zero-order valence-corrected chi connectivity index (χ0v) is 12.4. The van der Waals surface area contributed by atoms with Gasteiger partial charge >= 0.3 is 0 Å². The molecule has 4 heteroatoms. The van der Waals surface area contributed by atoms with Crippen LogP contribution < -0.4 is 4.90 Å². The number of nitrogens with zero attached hydrogens (tertiary/aromatic N) is 1. The Balaban J connectivity index is 2.34. The Hall–Kier alpha value is -1.39. The first kappa shape index (κ1) is 14.0. The zero-order valence-electron chi connectivity index (χ0n) is 10.8. The Morgan fingerprint density at radius 3 is 2.42 bits per heavy atom. The van der Waals surface area contributed by atoms with Crippen molar-refractivity contribution in [1.82, 2.24) is 0 Å². The number of anilines is 2. The van der Waals surface area contributed by atoms with Crippen molar-refractivity contribution in [3.05, 3.63) is 58.3 Å². The molecule has 0 aliphatic heterocycles. The molecule has 0 heterocycles. The molecule has 2 nitrogen and oxygen atoms in total. The molecule has 0 saturated heterocycles. The third-order valence-corrected chi connectivity index (χ3v) is 3.70. The summed E-state index contributed by atoms with van der Waals surface area (Å²) in [5.74, 6) is -0.260. The van der Waals surface area contributed by atoms with Gasteiger partial charge in [0, 0.05) is 22.9 Å². The molecule has 0 bridgehead atoms. The van der Waals surface area contributed by atoms with Crippen molar-refractivity contribution in [3.8, 4) is 0 Å². The average molecular weight is 324 g/mol. The van der Waals surface area contributed by atoms with Crippen molar-refractivity contribution in [1.29, 1.82) is 0 Å². The molecule has 0 spiro atoms. The van der Waals surface area contributed by atoms with E-state index in [1.54, 1.807) is 13.0 Å². The molecule has 1 atom stereocenters. The van der Waals surface area contributed by atoms with Gasteiger partial charge in [-0.05, 0) is 42.8 Å². The molecule has 19 heavy (non-hydrogen) atoms. The summed E-state index contributed by atoms with van der Waals surface area (Å²) in [6, 6.07) is 12.1. The summed E-state index contributed by atoms with van der Waals surface area (Å²) in [4.78, 5) is 1.89. The van der Waals surface area contributed by atoms with Gasteiger partial charge in [-0.1, -0.05) is 28.1 Å². The second kappa shape index (κ2) is 5.72. The van der Waals surface area contributed by atoms with Crippen molar-refractivity contribution in [2.24, 2.45) is 0 Å². The van der Waals surface area contributed by atoms with Gasteiger partial charge in [-0.2, -0.15) is 0 Å². The molecule has 0 amide bonds. The van der Waals surface area contributed by atoms with Crippen LogP contribution in [0.3, 0.4) is 0 Å². The lowest BCUT2D eigenvalue weighted by molar-refractivity contribution is 0.198. The number of aliphatic hydroxyl groups is 1. The van der Waals surface area contributed by atoms with Crippen LogP contribution in [0.1, 0.15) is 18.6 Å². The van der Waals surface area contributed by atoms with Crippen LogP contribution in [0.15, 0.2) is 46.9 Å². The first-order valence-electron chi connectivity index (χ1n) is 5.96. The van der Waals surface area contributed by atoms with Gasteiger partial charge in [0.05, 0.1) is 6.10 Å². The highest BCUT2D eigenvalue weighted by Gasteiger charge is 2.10. The number of aliphatic hydroxyl groups excluding tert-OH is 1. The fourth-order valence-corrected chi connectivity index (χ4v) is 2.60. The van der Waals surface area contributed by atoms with Crippen LogP contribution in [-0.2, 0) is 0 Å². The van der Waals surface area contributed by atoms with E-state index in [4.69, 9.17) is 0 Å². The fraction of sp³-hybridized carbons (Fsp3) is 0.200. The lowest BCUT2D eigenvalue weighted by Gasteiger charge is -2.21. The monoisotopic (exact) mass is 323 g/mol. The summed E-state index contributed by atoms with van der Waals surface area (Å²) in [5.41, 5.74) is 2.52. The molecule has 2 rings (SSSR count). The number of benzene rings is 2. The largest absolute Gasteiger partial charge is 0.389 e. The summed E-state index contributed by atoms with van der Waals surface area (Å²) in [5, 5.41) is 9.59. The maximum atomic E-state index is 13.2. The third kappa shape index (κ3) is 3.14. The van der Waals surface area contributed by atoms with E-state index in [9.17, 15) is 9.50 Å². The molecule has 2 aromatic rings. The number of halogens is 2. The maximum absolute atomic E-state index is 13.2. The van der Waals surface area contributed by atoms with E-state index in [2.05, 4.69) is 15.9 Å². The first-order valence-corrected chi connectivity index (χ1v) is 6.75. The minimum Gasteiger partial charge on any atom is -0.389 e. The van der Waals surface area contributed by atoms with Crippen LogP contribution in [0.5, 0.6) is 0 Å². The standard InChI is InChI=1S/C15H15BrFNO/c1-10(19)14-7-6-13(9-15(14)16)18(2)12-5-3-4-11(17)8-12/h3-10,19H,1-2H3. The van der Waals surface area contributed by atoms with Crippen LogP contribution in [0, 0.1) is 5.82 Å². The van der Waals surface area contributed by atoms with Gasteiger partial charge in [-0.25, -0.2) is 4.39 Å². The Labute approximate surface area is 120 Å². The molecule has 0 aromatic heterocycles. The van der Waals surface area contributed by atoms with Gasteiger partial charge in [0.1, 0.15) is 5.82 Å². The lowest BCUT2D eigenvalue weighted by Crippen LogP contribution is -2.10. The van der Waals surface area contributed by atoms with Crippen LogP contribution in [0.4, 0.5) is 15.8 Å². The molecular formula is C15H15BrFNO. The molecular weight excluding hydrogens is 309 g/mol. The molecule has 0 radical (unpaired) electrons. The predicted octanol–water partition coefficient (Wildman–Crippen LogP) is 4.41. The highest BCUT2D eigenvalue weighted by atomic mass is 79.9. The summed E-state index contributed by atoms with van der Waals surface area (Å²) >= 11 is 3.44. The molecule has 0 fully saturated rings. The van der Waals surface area contributed by atoms with Crippen molar-refractivity contribution < 1.29 is 9.50 Å². The quantitative estimate of drug-likeness (QED) is 0.904. The van der Waals surface area contributed by atoms with Gasteiger partial charge in [-0.15, -0.1) is 0 Å². The van der Waals surface area contributed by atoms with Gasteiger partial charge in [0.25, 0.3) is 0 Å². The molecule has 1 N–H and O–H groups in total. The van der Waals surface area contributed by atoms with E-state index in [0.717, 1.165) is 21.4 Å². The zero-order chi connectivity index (χ0) is 14.0. The minimum atomic E-state index is -0.525. The van der Waals surface area contributed by atoms with Crippen molar-refractivity contribution in [3.63, 3.8) is 0 Å². The van der Waals surface area contributed by atoms with E-state index in [1.807, 2.05) is 36.2 Å². The Morgan fingerprint density at radius 2 is 1.84 bits per heavy atom. The van der Waals surface area contributed by atoms with Crippen LogP contribution >= 0.6 is 15.9 Å². The lowest BCUT2D eigenvalue weighted by atomic mass is 10.1. The highest BCUT2D eigenvalue weighted by Crippen LogP contribution is 2.31. The summed E-state index contributed by atoms with van der Waals surface area (Å²) < 4.78 is 14.1. The van der Waals surface area contributed by atoms with Crippen molar-refractivity contribution >= 4 is 27.3 Å². The van der Waals surface area contributed by atoms with Gasteiger partial charge in [-0.3, -0.25) is 0 Å². The third-order valence-electron chi connectivity index (χ3n) is 3.02. The van der Waals surface area contributed by atoms with E-state index >= 15 is 0 Å². The number of hydrogen-bond acceptors (Lipinski definition) is 2. The fourth-order valence-electron chi connectivity index (χ4n) is 1.90. The van der Waals surface area contributed by atoms with Crippen LogP contribution in [-0.4, -0.2) is 12.2 Å². The molecule has 0 aliphatic carbocycles. The van der Waals surface area contributed by atoms with Crippen molar-refractivity contribution in [2.45, 2.75) is 13.0 Å². The van der Waals surface area contributed by atoms with E-state index in [-0.39, 0.29) is 5.82 Å². The van der Waals surface area contributed by atoms with Crippen LogP contribution in [0.2, 0.25) is 0 Å². The van der Waals surface area contributed by atoms with E-state index in [0.29, 0.717) is 0 Å². The predicted molar refractivity (Wildman–Crippen MR) is 79.2 cm³/mol. The van der Waals surface area contributed by atoms with Gasteiger partial charge in [0.2, 0.25) is 0 Å². The second-order valence-electron chi connectivity index (χ2n) is 4.42. The molecule has 1 unspecified atom stereocenters.